The summed E-state index contributed by atoms with van der Waals surface area (Å²) in [6.45, 7) is 2.51. The number of nitro groups is 1. The molecule has 13 nitrogen and oxygen atoms in total. The maximum Gasteiger partial charge on any atom is 0.269 e. The van der Waals surface area contributed by atoms with Crippen LogP contribution in [-0.4, -0.2) is 45.7 Å². The molecule has 2 aliphatic heterocycles. The fourth-order valence-electron chi connectivity index (χ4n) is 4.23. The van der Waals surface area contributed by atoms with Crippen molar-refractivity contribution >= 4 is 40.9 Å². The van der Waals surface area contributed by atoms with Crippen LogP contribution in [0, 0.1) is 23.0 Å². The van der Waals surface area contributed by atoms with Gasteiger partial charge in [-0.3, -0.25) is 34.3 Å². The second kappa shape index (κ2) is 8.92. The summed E-state index contributed by atoms with van der Waals surface area (Å²) in [5.74, 6) is -2.52. The SMILES string of the molecule is Cc1cc([N+](=O)[O-])ccc1NC(=O)C1CC(=O)Nc2nc(N3CCC(C(N)=O)CC3)[nH]c(=O)c21. The quantitative estimate of drug-likeness (QED) is 0.364. The molecule has 1 fully saturated rings. The third-order valence-corrected chi connectivity index (χ3v) is 6.13. The molecular formula is C21H23N7O6. The maximum absolute atomic E-state index is 13.0. The Hall–Kier alpha value is -4.29. The van der Waals surface area contributed by atoms with Gasteiger partial charge in [-0.2, -0.15) is 4.98 Å². The molecule has 0 saturated carbocycles. The summed E-state index contributed by atoms with van der Waals surface area (Å²) in [5.41, 5.74) is 5.52. The molecule has 0 bridgehead atoms. The molecule has 13 heteroatoms. The van der Waals surface area contributed by atoms with E-state index in [1.165, 1.54) is 18.2 Å². The van der Waals surface area contributed by atoms with Crippen molar-refractivity contribution in [2.24, 2.45) is 11.7 Å². The smallest absolute Gasteiger partial charge is 0.269 e. The van der Waals surface area contributed by atoms with E-state index in [4.69, 9.17) is 5.73 Å². The molecule has 178 valence electrons. The first-order valence-corrected chi connectivity index (χ1v) is 10.7. The van der Waals surface area contributed by atoms with Crippen molar-refractivity contribution < 1.29 is 19.3 Å². The number of fused-ring (bicyclic) bond motifs is 1. The highest BCUT2D eigenvalue weighted by molar-refractivity contribution is 6.04. The number of nitrogens with zero attached hydrogens (tertiary/aromatic N) is 3. The lowest BCUT2D eigenvalue weighted by molar-refractivity contribution is -0.384. The lowest BCUT2D eigenvalue weighted by atomic mass is 9.92. The second-order valence-electron chi connectivity index (χ2n) is 8.37. The minimum Gasteiger partial charge on any atom is -0.369 e. The third-order valence-electron chi connectivity index (χ3n) is 6.13. The maximum atomic E-state index is 13.0. The molecule has 1 saturated heterocycles. The number of nitrogens with two attached hydrogens (primary N) is 1. The van der Waals surface area contributed by atoms with Gasteiger partial charge in [0.15, 0.2) is 0 Å². The largest absolute Gasteiger partial charge is 0.369 e. The number of hydrogen-bond acceptors (Lipinski definition) is 8. The Bertz CT molecular complexity index is 1250. The number of anilines is 3. The first kappa shape index (κ1) is 22.9. The van der Waals surface area contributed by atoms with E-state index >= 15 is 0 Å². The Labute approximate surface area is 192 Å². The number of nitrogens with one attached hydrogen (secondary N) is 3. The summed E-state index contributed by atoms with van der Waals surface area (Å²) in [6.07, 6.45) is 0.781. The number of aromatic nitrogens is 2. The molecule has 5 N–H and O–H groups in total. The molecular weight excluding hydrogens is 446 g/mol. The Morgan fingerprint density at radius 3 is 2.59 bits per heavy atom. The van der Waals surface area contributed by atoms with Gasteiger partial charge < -0.3 is 21.3 Å². The first-order chi connectivity index (χ1) is 16.1. The molecule has 1 aromatic carbocycles. The number of rotatable bonds is 5. The van der Waals surface area contributed by atoms with Crippen molar-refractivity contribution in [3.63, 3.8) is 0 Å². The van der Waals surface area contributed by atoms with Crippen molar-refractivity contribution in [3.05, 3.63) is 49.8 Å². The molecule has 0 radical (unpaired) electrons. The zero-order chi connectivity index (χ0) is 24.6. The average Bonchev–Trinajstić information content (AvgIpc) is 2.79. The number of hydrogen-bond donors (Lipinski definition) is 4. The lowest BCUT2D eigenvalue weighted by Crippen LogP contribution is -2.41. The number of nitro benzene ring substituents is 1. The van der Waals surface area contributed by atoms with E-state index in [2.05, 4.69) is 20.6 Å². The number of piperidine rings is 1. The summed E-state index contributed by atoms with van der Waals surface area (Å²) >= 11 is 0. The summed E-state index contributed by atoms with van der Waals surface area (Å²) in [4.78, 5) is 68.9. The van der Waals surface area contributed by atoms with E-state index in [1.807, 2.05) is 0 Å². The Kier molecular flexibility index (Phi) is 6.01. The van der Waals surface area contributed by atoms with Crippen LogP contribution in [-0.2, 0) is 14.4 Å². The van der Waals surface area contributed by atoms with Gasteiger partial charge in [-0.25, -0.2) is 0 Å². The van der Waals surface area contributed by atoms with Crippen molar-refractivity contribution in [2.75, 3.05) is 28.6 Å². The molecule has 1 unspecified atom stereocenters. The third kappa shape index (κ3) is 4.44. The predicted octanol–water partition coefficient (Wildman–Crippen LogP) is 0.753. The van der Waals surface area contributed by atoms with Gasteiger partial charge in [-0.1, -0.05) is 0 Å². The standard InChI is InChI=1S/C21H23N7O6/c1-10-8-12(28(33)34)2-3-14(10)23-19(31)13-9-15(29)24-18-16(13)20(32)26-21(25-18)27-6-4-11(5-7-27)17(22)30/h2-3,8,11,13H,4-7,9H2,1H3,(H2,22,30)(H,23,31)(H2,24,25,26,29,32). The number of H-pyrrole nitrogens is 1. The minimum atomic E-state index is -1.09. The van der Waals surface area contributed by atoms with Crippen molar-refractivity contribution in [2.45, 2.75) is 32.1 Å². The number of aryl methyl sites for hydroxylation is 1. The Morgan fingerprint density at radius 2 is 1.97 bits per heavy atom. The fourth-order valence-corrected chi connectivity index (χ4v) is 4.23. The molecule has 0 aliphatic carbocycles. The van der Waals surface area contributed by atoms with Gasteiger partial charge in [0.25, 0.3) is 11.2 Å². The number of primary amides is 1. The van der Waals surface area contributed by atoms with Crippen LogP contribution in [0.25, 0.3) is 0 Å². The molecule has 0 spiro atoms. The molecule has 4 rings (SSSR count). The van der Waals surface area contributed by atoms with Gasteiger partial charge in [-0.05, 0) is 31.4 Å². The molecule has 3 heterocycles. The number of amides is 3. The summed E-state index contributed by atoms with van der Waals surface area (Å²) in [6, 6.07) is 3.97. The van der Waals surface area contributed by atoms with Crippen LogP contribution in [0.2, 0.25) is 0 Å². The molecule has 2 aliphatic rings. The monoisotopic (exact) mass is 469 g/mol. The summed E-state index contributed by atoms with van der Waals surface area (Å²) in [5, 5.41) is 16.2. The number of carbonyl (C=O) groups is 3. The Balaban J connectivity index is 1.58. The van der Waals surface area contributed by atoms with Gasteiger partial charge in [0.2, 0.25) is 23.7 Å². The van der Waals surface area contributed by atoms with E-state index in [0.29, 0.717) is 37.2 Å². The zero-order valence-electron chi connectivity index (χ0n) is 18.3. The van der Waals surface area contributed by atoms with Crippen molar-refractivity contribution in [3.8, 4) is 0 Å². The fraction of sp³-hybridized carbons (Fsp3) is 0.381. The highest BCUT2D eigenvalue weighted by Gasteiger charge is 2.36. The lowest BCUT2D eigenvalue weighted by Gasteiger charge is -2.32. The summed E-state index contributed by atoms with van der Waals surface area (Å²) < 4.78 is 0. The van der Waals surface area contributed by atoms with E-state index in [9.17, 15) is 29.3 Å². The average molecular weight is 469 g/mol. The van der Waals surface area contributed by atoms with Gasteiger partial charge in [0.05, 0.1) is 16.4 Å². The Morgan fingerprint density at radius 1 is 1.26 bits per heavy atom. The summed E-state index contributed by atoms with van der Waals surface area (Å²) in [7, 11) is 0. The highest BCUT2D eigenvalue weighted by atomic mass is 16.6. The topological polar surface area (TPSA) is 193 Å². The number of carbonyl (C=O) groups excluding carboxylic acids is 3. The van der Waals surface area contributed by atoms with Crippen LogP contribution in [0.5, 0.6) is 0 Å². The molecule has 1 atom stereocenters. The van der Waals surface area contributed by atoms with Gasteiger partial charge >= 0.3 is 0 Å². The van der Waals surface area contributed by atoms with E-state index < -0.39 is 28.2 Å². The molecule has 2 aromatic rings. The zero-order valence-corrected chi connectivity index (χ0v) is 18.3. The van der Waals surface area contributed by atoms with E-state index in [1.54, 1.807) is 11.8 Å². The van der Waals surface area contributed by atoms with Crippen LogP contribution in [0.3, 0.4) is 0 Å². The number of aromatic amines is 1. The van der Waals surface area contributed by atoms with Crippen LogP contribution in [0.1, 0.15) is 36.3 Å². The molecule has 1 aromatic heterocycles. The highest BCUT2D eigenvalue weighted by Crippen LogP contribution is 2.31. The molecule has 3 amide bonds. The van der Waals surface area contributed by atoms with Gasteiger partial charge in [0, 0.05) is 43.2 Å². The first-order valence-electron chi connectivity index (χ1n) is 10.7. The van der Waals surface area contributed by atoms with E-state index in [0.717, 1.165) is 0 Å². The van der Waals surface area contributed by atoms with Crippen LogP contribution in [0.4, 0.5) is 23.1 Å². The second-order valence-corrected chi connectivity index (χ2v) is 8.37. The number of non-ortho nitro benzene ring substituents is 1. The molecule has 34 heavy (non-hydrogen) atoms. The van der Waals surface area contributed by atoms with Gasteiger partial charge in [-0.15, -0.1) is 0 Å². The van der Waals surface area contributed by atoms with Crippen LogP contribution >= 0.6 is 0 Å². The predicted molar refractivity (Wildman–Crippen MR) is 121 cm³/mol. The minimum absolute atomic E-state index is 0.00703. The van der Waals surface area contributed by atoms with Gasteiger partial charge in [0.1, 0.15) is 5.82 Å². The van der Waals surface area contributed by atoms with Crippen molar-refractivity contribution in [1.82, 2.24) is 9.97 Å². The number of benzene rings is 1. The van der Waals surface area contributed by atoms with E-state index in [-0.39, 0.29) is 41.3 Å². The normalized spacial score (nSPS) is 18.1. The van der Waals surface area contributed by atoms with Crippen molar-refractivity contribution in [1.29, 1.82) is 0 Å². The van der Waals surface area contributed by atoms with Crippen LogP contribution in [0.15, 0.2) is 23.0 Å². The van der Waals surface area contributed by atoms with Crippen LogP contribution < -0.4 is 26.8 Å².